The molecule has 0 aromatic carbocycles. The first-order valence-corrected chi connectivity index (χ1v) is 8.91. The van der Waals surface area contributed by atoms with Gasteiger partial charge in [0.1, 0.15) is 0 Å². The maximum atomic E-state index is 12.7. The smallest absolute Gasteiger partial charge is 0.282 e. The molecule has 19 heavy (non-hydrogen) atoms. The second kappa shape index (κ2) is 8.19. The molecule has 1 aliphatic heterocycles. The van der Waals surface area contributed by atoms with E-state index in [0.29, 0.717) is 32.1 Å². The van der Waals surface area contributed by atoms with E-state index in [-0.39, 0.29) is 0 Å². The Bertz CT molecular complexity index is 334. The third-order valence-electron chi connectivity index (χ3n) is 3.92. The van der Waals surface area contributed by atoms with E-state index in [1.54, 1.807) is 8.61 Å². The van der Waals surface area contributed by atoms with E-state index < -0.39 is 10.2 Å². The summed E-state index contributed by atoms with van der Waals surface area (Å²) in [5.74, 6) is 0.458. The second-order valence-electron chi connectivity index (χ2n) is 5.14. The Kier molecular flexibility index (Phi) is 7.28. The fraction of sp³-hybridized carbons (Fsp3) is 1.00. The topological polar surface area (TPSA) is 52.7 Å². The summed E-state index contributed by atoms with van der Waals surface area (Å²) in [5.41, 5.74) is 0. The molecule has 5 nitrogen and oxygen atoms in total. The van der Waals surface area contributed by atoms with Crippen LogP contribution < -0.4 is 5.32 Å². The van der Waals surface area contributed by atoms with Gasteiger partial charge in [-0.25, -0.2) is 0 Å². The van der Waals surface area contributed by atoms with Gasteiger partial charge < -0.3 is 5.32 Å². The molecule has 6 heteroatoms. The number of rotatable bonds is 7. The molecule has 0 bridgehead atoms. The number of hydrogen-bond acceptors (Lipinski definition) is 3. The minimum absolute atomic E-state index is 0.458. The first-order chi connectivity index (χ1) is 9.06. The van der Waals surface area contributed by atoms with Gasteiger partial charge in [-0.2, -0.15) is 17.0 Å². The highest BCUT2D eigenvalue weighted by molar-refractivity contribution is 7.86. The van der Waals surface area contributed by atoms with Crippen molar-refractivity contribution in [1.82, 2.24) is 13.9 Å². The molecule has 1 rings (SSSR count). The SMILES string of the molecule is CCC(CC)CN(CC)S(=O)(=O)N1CCCNCC1. The predicted molar refractivity (Wildman–Crippen MR) is 79.3 cm³/mol. The minimum Gasteiger partial charge on any atom is -0.315 e. The molecular weight excluding hydrogens is 262 g/mol. The van der Waals surface area contributed by atoms with Crippen LogP contribution in [0.4, 0.5) is 0 Å². The fourth-order valence-electron chi connectivity index (χ4n) is 2.44. The van der Waals surface area contributed by atoms with Crippen molar-refractivity contribution < 1.29 is 8.42 Å². The quantitative estimate of drug-likeness (QED) is 0.769. The lowest BCUT2D eigenvalue weighted by molar-refractivity contribution is 0.305. The first-order valence-electron chi connectivity index (χ1n) is 7.52. The second-order valence-corrected chi connectivity index (χ2v) is 7.07. The van der Waals surface area contributed by atoms with Crippen LogP contribution in [0.25, 0.3) is 0 Å². The monoisotopic (exact) mass is 291 g/mol. The summed E-state index contributed by atoms with van der Waals surface area (Å²) in [6.07, 6.45) is 2.95. The molecule has 0 radical (unpaired) electrons. The summed E-state index contributed by atoms with van der Waals surface area (Å²) in [6, 6.07) is 0. The lowest BCUT2D eigenvalue weighted by Gasteiger charge is -2.30. The average Bonchev–Trinajstić information content (AvgIpc) is 2.69. The molecule has 114 valence electrons. The molecule has 0 atom stereocenters. The predicted octanol–water partition coefficient (Wildman–Crippen LogP) is 1.28. The van der Waals surface area contributed by atoms with Crippen LogP contribution >= 0.6 is 0 Å². The van der Waals surface area contributed by atoms with Gasteiger partial charge in [0.05, 0.1) is 0 Å². The zero-order chi connectivity index (χ0) is 14.3. The maximum absolute atomic E-state index is 12.7. The van der Waals surface area contributed by atoms with Crippen LogP contribution in [0.1, 0.15) is 40.0 Å². The van der Waals surface area contributed by atoms with E-state index in [0.717, 1.165) is 32.4 Å². The van der Waals surface area contributed by atoms with E-state index in [2.05, 4.69) is 19.2 Å². The van der Waals surface area contributed by atoms with Crippen molar-refractivity contribution in [3.05, 3.63) is 0 Å². The summed E-state index contributed by atoms with van der Waals surface area (Å²) >= 11 is 0. The molecule has 0 aromatic heterocycles. The van der Waals surface area contributed by atoms with E-state index >= 15 is 0 Å². The van der Waals surface area contributed by atoms with Crippen molar-refractivity contribution in [2.24, 2.45) is 5.92 Å². The van der Waals surface area contributed by atoms with Crippen molar-refractivity contribution in [1.29, 1.82) is 0 Å². The van der Waals surface area contributed by atoms with Gasteiger partial charge in [-0.05, 0) is 18.9 Å². The highest BCUT2D eigenvalue weighted by atomic mass is 32.2. The van der Waals surface area contributed by atoms with E-state index in [1.165, 1.54) is 0 Å². The number of nitrogens with zero attached hydrogens (tertiary/aromatic N) is 2. The normalized spacial score (nSPS) is 19.0. The average molecular weight is 291 g/mol. The molecule has 1 saturated heterocycles. The van der Waals surface area contributed by atoms with Crippen molar-refractivity contribution in [3.8, 4) is 0 Å². The van der Waals surface area contributed by atoms with Gasteiger partial charge in [-0.1, -0.05) is 33.6 Å². The largest absolute Gasteiger partial charge is 0.315 e. The summed E-state index contributed by atoms with van der Waals surface area (Å²) < 4.78 is 28.6. The van der Waals surface area contributed by atoms with Gasteiger partial charge >= 0.3 is 0 Å². The molecule has 0 unspecified atom stereocenters. The zero-order valence-electron chi connectivity index (χ0n) is 12.6. The molecule has 0 spiro atoms. The highest BCUT2D eigenvalue weighted by Gasteiger charge is 2.29. The first kappa shape index (κ1) is 16.9. The standard InChI is InChI=1S/C13H29N3O2S/c1-4-13(5-2)12-15(6-3)19(17,18)16-10-7-8-14-9-11-16/h13-14H,4-12H2,1-3H3. The summed E-state index contributed by atoms with van der Waals surface area (Å²) in [7, 11) is -3.29. The lowest BCUT2D eigenvalue weighted by Crippen LogP contribution is -2.46. The van der Waals surface area contributed by atoms with Crippen molar-refractivity contribution in [2.45, 2.75) is 40.0 Å². The van der Waals surface area contributed by atoms with Crippen molar-refractivity contribution in [3.63, 3.8) is 0 Å². The van der Waals surface area contributed by atoms with Gasteiger partial charge in [-0.3, -0.25) is 0 Å². The van der Waals surface area contributed by atoms with E-state index in [4.69, 9.17) is 0 Å². The maximum Gasteiger partial charge on any atom is 0.282 e. The third-order valence-corrected chi connectivity index (χ3v) is 6.00. The van der Waals surface area contributed by atoms with Gasteiger partial charge in [0, 0.05) is 32.7 Å². The highest BCUT2D eigenvalue weighted by Crippen LogP contribution is 2.16. The molecule has 0 aliphatic carbocycles. The summed E-state index contributed by atoms with van der Waals surface area (Å²) in [4.78, 5) is 0. The van der Waals surface area contributed by atoms with Gasteiger partial charge in [0.15, 0.2) is 0 Å². The van der Waals surface area contributed by atoms with Gasteiger partial charge in [0.25, 0.3) is 10.2 Å². The van der Waals surface area contributed by atoms with Crippen molar-refractivity contribution >= 4 is 10.2 Å². The Morgan fingerprint density at radius 1 is 1.16 bits per heavy atom. The Morgan fingerprint density at radius 3 is 2.42 bits per heavy atom. The molecule has 1 heterocycles. The van der Waals surface area contributed by atoms with Gasteiger partial charge in [0.2, 0.25) is 0 Å². The number of hydrogen-bond donors (Lipinski definition) is 1. The Labute approximate surface area is 118 Å². The zero-order valence-corrected chi connectivity index (χ0v) is 13.4. The van der Waals surface area contributed by atoms with Crippen LogP contribution in [-0.2, 0) is 10.2 Å². The molecule has 1 N–H and O–H groups in total. The molecular formula is C13H29N3O2S. The fourth-order valence-corrected chi connectivity index (χ4v) is 4.17. The van der Waals surface area contributed by atoms with Crippen LogP contribution in [0.5, 0.6) is 0 Å². The molecule has 0 saturated carbocycles. The third kappa shape index (κ3) is 4.70. The molecule has 0 amide bonds. The summed E-state index contributed by atoms with van der Waals surface area (Å²) in [5, 5.41) is 3.24. The van der Waals surface area contributed by atoms with Crippen LogP contribution in [-0.4, -0.2) is 56.3 Å². The Hall–Kier alpha value is -0.170. The van der Waals surface area contributed by atoms with E-state index in [9.17, 15) is 8.42 Å². The Morgan fingerprint density at radius 2 is 1.84 bits per heavy atom. The minimum atomic E-state index is -3.29. The van der Waals surface area contributed by atoms with Crippen LogP contribution in [0.2, 0.25) is 0 Å². The molecule has 0 aromatic rings. The Balaban J connectivity index is 2.75. The van der Waals surface area contributed by atoms with E-state index in [1.807, 2.05) is 6.92 Å². The number of nitrogens with one attached hydrogen (secondary N) is 1. The van der Waals surface area contributed by atoms with Crippen LogP contribution in [0.15, 0.2) is 0 Å². The lowest BCUT2D eigenvalue weighted by atomic mass is 10.0. The van der Waals surface area contributed by atoms with Gasteiger partial charge in [-0.15, -0.1) is 0 Å². The van der Waals surface area contributed by atoms with Crippen LogP contribution in [0.3, 0.4) is 0 Å². The van der Waals surface area contributed by atoms with Crippen molar-refractivity contribution in [2.75, 3.05) is 39.3 Å². The van der Waals surface area contributed by atoms with Crippen LogP contribution in [0, 0.1) is 5.92 Å². The molecule has 1 fully saturated rings. The molecule has 1 aliphatic rings. The summed E-state index contributed by atoms with van der Waals surface area (Å²) in [6.45, 7) is 10.3.